The second kappa shape index (κ2) is 8.98. The number of carboxylic acids is 1. The highest BCUT2D eigenvalue weighted by atomic mass is 32.2. The zero-order valence-electron chi connectivity index (χ0n) is 11.4. The van der Waals surface area contributed by atoms with E-state index in [0.717, 1.165) is 30.0 Å². The third-order valence-electron chi connectivity index (χ3n) is 2.38. The van der Waals surface area contributed by atoms with Gasteiger partial charge in [-0.1, -0.05) is 6.07 Å². The SMILES string of the molecule is O=C(O)CSCC(=O)NCCNC(=O)c1c(F)cccc1F. The summed E-state index contributed by atoms with van der Waals surface area (Å²) in [5.74, 6) is -4.46. The topological polar surface area (TPSA) is 95.5 Å². The Morgan fingerprint density at radius 2 is 1.64 bits per heavy atom. The van der Waals surface area contributed by atoms with Crippen LogP contribution in [-0.2, 0) is 9.59 Å². The molecule has 0 unspecified atom stereocenters. The third-order valence-corrected chi connectivity index (χ3v) is 3.30. The molecule has 0 saturated carbocycles. The summed E-state index contributed by atoms with van der Waals surface area (Å²) in [5, 5.41) is 13.1. The first-order valence-corrected chi connectivity index (χ1v) is 7.35. The Bertz CT molecular complexity index is 549. The van der Waals surface area contributed by atoms with Gasteiger partial charge in [-0.25, -0.2) is 8.78 Å². The maximum Gasteiger partial charge on any atom is 0.313 e. The molecule has 1 rings (SSSR count). The Morgan fingerprint density at radius 1 is 1.05 bits per heavy atom. The standard InChI is InChI=1S/C13H14F2N2O4S/c14-8-2-1-3-9(15)12(8)13(21)17-5-4-16-10(18)6-22-7-11(19)20/h1-3H,4-7H2,(H,16,18)(H,17,21)(H,19,20). The van der Waals surface area contributed by atoms with Gasteiger partial charge >= 0.3 is 5.97 Å². The van der Waals surface area contributed by atoms with Crippen LogP contribution in [0.3, 0.4) is 0 Å². The number of benzene rings is 1. The predicted octanol–water partition coefficient (Wildman–Crippen LogP) is 0.629. The maximum absolute atomic E-state index is 13.3. The molecule has 0 spiro atoms. The molecule has 6 nitrogen and oxygen atoms in total. The fourth-order valence-electron chi connectivity index (χ4n) is 1.46. The molecular weight excluding hydrogens is 318 g/mol. The quantitative estimate of drug-likeness (QED) is 0.607. The fraction of sp³-hybridized carbons (Fsp3) is 0.308. The van der Waals surface area contributed by atoms with E-state index in [4.69, 9.17) is 5.11 Å². The highest BCUT2D eigenvalue weighted by Gasteiger charge is 2.16. The minimum atomic E-state index is -1.02. The Labute approximate surface area is 129 Å². The lowest BCUT2D eigenvalue weighted by Gasteiger charge is -2.08. The van der Waals surface area contributed by atoms with Crippen LogP contribution >= 0.6 is 11.8 Å². The molecule has 2 amide bonds. The molecule has 9 heteroatoms. The monoisotopic (exact) mass is 332 g/mol. The van der Waals surface area contributed by atoms with Crippen molar-refractivity contribution in [1.29, 1.82) is 0 Å². The van der Waals surface area contributed by atoms with Crippen molar-refractivity contribution in [2.75, 3.05) is 24.6 Å². The Balaban J connectivity index is 2.28. The molecule has 0 aliphatic heterocycles. The number of carbonyl (C=O) groups is 3. The zero-order chi connectivity index (χ0) is 16.5. The molecule has 0 heterocycles. The summed E-state index contributed by atoms with van der Waals surface area (Å²) in [6.45, 7) is 0.0518. The largest absolute Gasteiger partial charge is 0.481 e. The first-order chi connectivity index (χ1) is 10.4. The van der Waals surface area contributed by atoms with Gasteiger partial charge in [0, 0.05) is 13.1 Å². The Morgan fingerprint density at radius 3 is 2.23 bits per heavy atom. The van der Waals surface area contributed by atoms with Crippen molar-refractivity contribution in [3.05, 3.63) is 35.4 Å². The molecule has 0 fully saturated rings. The van der Waals surface area contributed by atoms with E-state index in [1.54, 1.807) is 0 Å². The summed E-state index contributed by atoms with van der Waals surface area (Å²) < 4.78 is 26.6. The van der Waals surface area contributed by atoms with E-state index < -0.39 is 35.0 Å². The van der Waals surface area contributed by atoms with Gasteiger partial charge in [0.1, 0.15) is 17.2 Å². The van der Waals surface area contributed by atoms with Crippen molar-refractivity contribution in [3.8, 4) is 0 Å². The molecule has 1 aromatic carbocycles. The average molecular weight is 332 g/mol. The molecule has 22 heavy (non-hydrogen) atoms. The van der Waals surface area contributed by atoms with E-state index in [9.17, 15) is 23.2 Å². The number of thioether (sulfide) groups is 1. The highest BCUT2D eigenvalue weighted by molar-refractivity contribution is 8.00. The van der Waals surface area contributed by atoms with E-state index in [-0.39, 0.29) is 24.6 Å². The van der Waals surface area contributed by atoms with Gasteiger partial charge in [0.15, 0.2) is 0 Å². The second-order valence-corrected chi connectivity index (χ2v) is 5.07. The van der Waals surface area contributed by atoms with Crippen molar-refractivity contribution in [1.82, 2.24) is 10.6 Å². The summed E-state index contributed by atoms with van der Waals surface area (Å²) in [7, 11) is 0. The van der Waals surface area contributed by atoms with Gasteiger partial charge in [0.05, 0.1) is 11.5 Å². The lowest BCUT2D eigenvalue weighted by Crippen LogP contribution is -2.36. The number of hydrogen-bond donors (Lipinski definition) is 3. The number of rotatable bonds is 8. The minimum Gasteiger partial charge on any atom is -0.481 e. The lowest BCUT2D eigenvalue weighted by molar-refractivity contribution is -0.133. The van der Waals surface area contributed by atoms with Gasteiger partial charge in [0.2, 0.25) is 5.91 Å². The molecule has 0 bridgehead atoms. The van der Waals surface area contributed by atoms with Crippen molar-refractivity contribution in [3.63, 3.8) is 0 Å². The van der Waals surface area contributed by atoms with Crippen molar-refractivity contribution < 1.29 is 28.3 Å². The van der Waals surface area contributed by atoms with Crippen LogP contribution in [0.5, 0.6) is 0 Å². The maximum atomic E-state index is 13.3. The van der Waals surface area contributed by atoms with Gasteiger partial charge < -0.3 is 15.7 Å². The zero-order valence-corrected chi connectivity index (χ0v) is 12.2. The fourth-order valence-corrected chi connectivity index (χ4v) is 2.03. The molecule has 0 radical (unpaired) electrons. The summed E-state index contributed by atoms with van der Waals surface area (Å²) >= 11 is 0.936. The summed E-state index contributed by atoms with van der Waals surface area (Å²) in [6, 6.07) is 3.09. The molecule has 0 saturated heterocycles. The normalized spacial score (nSPS) is 10.1. The van der Waals surface area contributed by atoms with Gasteiger partial charge in [0.25, 0.3) is 5.91 Å². The van der Waals surface area contributed by atoms with Crippen molar-refractivity contribution in [2.45, 2.75) is 0 Å². The van der Waals surface area contributed by atoms with Gasteiger partial charge in [-0.15, -0.1) is 11.8 Å². The predicted molar refractivity (Wildman–Crippen MR) is 76.7 cm³/mol. The van der Waals surface area contributed by atoms with E-state index in [0.29, 0.717) is 0 Å². The van der Waals surface area contributed by atoms with E-state index in [1.165, 1.54) is 0 Å². The molecule has 0 aliphatic carbocycles. The van der Waals surface area contributed by atoms with Gasteiger partial charge in [-0.05, 0) is 12.1 Å². The van der Waals surface area contributed by atoms with Crippen LogP contribution in [0.1, 0.15) is 10.4 Å². The van der Waals surface area contributed by atoms with Crippen molar-refractivity contribution in [2.24, 2.45) is 0 Å². The minimum absolute atomic E-state index is 0.0120. The summed E-state index contributed by atoms with van der Waals surface area (Å²) in [6.07, 6.45) is 0. The molecule has 1 aromatic rings. The number of hydrogen-bond acceptors (Lipinski definition) is 4. The van der Waals surface area contributed by atoms with Crippen LogP contribution in [-0.4, -0.2) is 47.5 Å². The summed E-state index contributed by atoms with van der Waals surface area (Å²) in [4.78, 5) is 33.1. The Kier molecular flexibility index (Phi) is 7.30. The number of carboxylic acid groups (broad SMARTS) is 1. The van der Waals surface area contributed by atoms with Gasteiger partial charge in [-0.2, -0.15) is 0 Å². The molecule has 3 N–H and O–H groups in total. The third kappa shape index (κ3) is 6.08. The average Bonchev–Trinajstić information content (AvgIpc) is 2.43. The van der Waals surface area contributed by atoms with E-state index >= 15 is 0 Å². The molecule has 0 aromatic heterocycles. The van der Waals surface area contributed by atoms with E-state index in [2.05, 4.69) is 10.6 Å². The van der Waals surface area contributed by atoms with E-state index in [1.807, 2.05) is 0 Å². The van der Waals surface area contributed by atoms with Crippen LogP contribution in [0, 0.1) is 11.6 Å². The number of halogens is 2. The molecule has 0 aliphatic rings. The number of carbonyl (C=O) groups excluding carboxylic acids is 2. The van der Waals surface area contributed by atoms with Crippen LogP contribution < -0.4 is 10.6 Å². The summed E-state index contributed by atoms with van der Waals surface area (Å²) in [5.41, 5.74) is -0.675. The number of aliphatic carboxylic acids is 1. The lowest BCUT2D eigenvalue weighted by atomic mass is 10.2. The molecule has 0 atom stereocenters. The first-order valence-electron chi connectivity index (χ1n) is 6.20. The van der Waals surface area contributed by atoms with Crippen LogP contribution in [0.25, 0.3) is 0 Å². The van der Waals surface area contributed by atoms with Crippen LogP contribution in [0.15, 0.2) is 18.2 Å². The number of nitrogens with one attached hydrogen (secondary N) is 2. The van der Waals surface area contributed by atoms with Crippen molar-refractivity contribution >= 4 is 29.5 Å². The second-order valence-electron chi connectivity index (χ2n) is 4.09. The molecular formula is C13H14F2N2O4S. The smallest absolute Gasteiger partial charge is 0.313 e. The van der Waals surface area contributed by atoms with Crippen LogP contribution in [0.4, 0.5) is 8.78 Å². The highest BCUT2D eigenvalue weighted by Crippen LogP contribution is 2.11. The van der Waals surface area contributed by atoms with Crippen LogP contribution in [0.2, 0.25) is 0 Å². The first kappa shape index (κ1) is 17.9. The molecule has 120 valence electrons. The number of amides is 2. The van der Waals surface area contributed by atoms with Gasteiger partial charge in [-0.3, -0.25) is 14.4 Å². The Hall–Kier alpha value is -2.16.